The molecular formula is C20H18F3N3O3S. The maximum atomic E-state index is 13.1. The van der Waals surface area contributed by atoms with Crippen LogP contribution in [0.2, 0.25) is 0 Å². The molecule has 0 aliphatic carbocycles. The van der Waals surface area contributed by atoms with Crippen molar-refractivity contribution in [2.45, 2.75) is 36.9 Å². The van der Waals surface area contributed by atoms with Gasteiger partial charge in [-0.15, -0.1) is 0 Å². The zero-order valence-corrected chi connectivity index (χ0v) is 16.7. The number of hydrogen-bond acceptors (Lipinski definition) is 5. The molecule has 0 spiro atoms. The molecule has 1 aliphatic heterocycles. The average Bonchev–Trinajstić information content (AvgIpc) is 3.37. The molecule has 2 aromatic carbocycles. The van der Waals surface area contributed by atoms with Crippen LogP contribution in [0, 0.1) is 6.92 Å². The molecule has 0 radical (unpaired) electrons. The Morgan fingerprint density at radius 2 is 1.90 bits per heavy atom. The third-order valence-corrected chi connectivity index (χ3v) is 6.88. The minimum Gasteiger partial charge on any atom is -0.337 e. The van der Waals surface area contributed by atoms with Crippen LogP contribution in [-0.4, -0.2) is 29.4 Å². The highest BCUT2D eigenvalue weighted by Crippen LogP contribution is 2.37. The topological polar surface area (TPSA) is 76.3 Å². The molecule has 1 aliphatic rings. The third-order valence-electron chi connectivity index (χ3n) is 4.97. The first kappa shape index (κ1) is 20.5. The lowest BCUT2D eigenvalue weighted by Gasteiger charge is -2.21. The number of benzene rings is 2. The number of rotatable bonds is 4. The van der Waals surface area contributed by atoms with Crippen LogP contribution in [0.3, 0.4) is 0 Å². The first-order valence-corrected chi connectivity index (χ1v) is 10.7. The number of halogens is 3. The SMILES string of the molecule is Cc1cccc(S(=O)(=O)N2CCC[C@@H]2c2nc(-c3cccc(C(F)(F)F)c3)no2)c1. The van der Waals surface area contributed by atoms with E-state index in [0.717, 1.165) is 17.7 Å². The normalized spacial score (nSPS) is 18.1. The average molecular weight is 437 g/mol. The van der Waals surface area contributed by atoms with Gasteiger partial charge in [-0.2, -0.15) is 22.5 Å². The Morgan fingerprint density at radius 1 is 1.13 bits per heavy atom. The van der Waals surface area contributed by atoms with Crippen LogP contribution in [-0.2, 0) is 16.2 Å². The molecule has 3 aromatic rings. The lowest BCUT2D eigenvalue weighted by molar-refractivity contribution is -0.137. The summed E-state index contributed by atoms with van der Waals surface area (Å²) in [4.78, 5) is 4.38. The summed E-state index contributed by atoms with van der Waals surface area (Å²) in [7, 11) is -3.78. The summed E-state index contributed by atoms with van der Waals surface area (Å²) in [5, 5.41) is 3.78. The predicted molar refractivity (Wildman–Crippen MR) is 102 cm³/mol. The molecule has 158 valence electrons. The Kier molecular flexibility index (Phi) is 5.15. The van der Waals surface area contributed by atoms with E-state index in [4.69, 9.17) is 4.52 Å². The van der Waals surface area contributed by atoms with Gasteiger partial charge in [0.15, 0.2) is 0 Å². The lowest BCUT2D eigenvalue weighted by Crippen LogP contribution is -2.30. The largest absolute Gasteiger partial charge is 0.416 e. The van der Waals surface area contributed by atoms with Gasteiger partial charge in [-0.05, 0) is 49.6 Å². The van der Waals surface area contributed by atoms with Gasteiger partial charge in [-0.3, -0.25) is 0 Å². The fraction of sp³-hybridized carbons (Fsp3) is 0.300. The van der Waals surface area contributed by atoms with Crippen molar-refractivity contribution in [3.8, 4) is 11.4 Å². The molecule has 0 bridgehead atoms. The lowest BCUT2D eigenvalue weighted by atomic mass is 10.1. The molecule has 0 N–H and O–H groups in total. The minimum atomic E-state index is -4.49. The summed E-state index contributed by atoms with van der Waals surface area (Å²) in [6, 6.07) is 10.5. The number of aryl methyl sites for hydroxylation is 1. The van der Waals surface area contributed by atoms with Crippen LogP contribution in [0.25, 0.3) is 11.4 Å². The molecular weight excluding hydrogens is 419 g/mol. The van der Waals surface area contributed by atoms with Crippen molar-refractivity contribution in [1.82, 2.24) is 14.4 Å². The molecule has 2 heterocycles. The van der Waals surface area contributed by atoms with Crippen LogP contribution >= 0.6 is 0 Å². The first-order valence-electron chi connectivity index (χ1n) is 9.26. The second kappa shape index (κ2) is 7.51. The summed E-state index contributed by atoms with van der Waals surface area (Å²) in [6.07, 6.45) is -3.40. The van der Waals surface area contributed by atoms with Crippen molar-refractivity contribution >= 4 is 10.0 Å². The monoisotopic (exact) mass is 437 g/mol. The molecule has 0 amide bonds. The summed E-state index contributed by atoms with van der Waals surface area (Å²) < 4.78 is 71.7. The van der Waals surface area contributed by atoms with E-state index < -0.39 is 27.8 Å². The van der Waals surface area contributed by atoms with Crippen molar-refractivity contribution in [2.75, 3.05) is 6.54 Å². The summed E-state index contributed by atoms with van der Waals surface area (Å²) in [5.41, 5.74) is 0.137. The Bertz CT molecular complexity index is 1180. The van der Waals surface area contributed by atoms with Gasteiger partial charge in [-0.25, -0.2) is 8.42 Å². The molecule has 1 saturated heterocycles. The molecule has 10 heteroatoms. The van der Waals surface area contributed by atoms with E-state index in [2.05, 4.69) is 10.1 Å². The van der Waals surface area contributed by atoms with Crippen molar-refractivity contribution in [3.63, 3.8) is 0 Å². The smallest absolute Gasteiger partial charge is 0.337 e. The van der Waals surface area contributed by atoms with Crippen molar-refractivity contribution < 1.29 is 26.1 Å². The Balaban J connectivity index is 1.65. The van der Waals surface area contributed by atoms with Crippen LogP contribution in [0.1, 0.15) is 35.9 Å². The Hall–Kier alpha value is -2.72. The Labute approximate surface area is 171 Å². The van der Waals surface area contributed by atoms with Gasteiger partial charge >= 0.3 is 6.18 Å². The first-order chi connectivity index (χ1) is 14.2. The zero-order valence-electron chi connectivity index (χ0n) is 15.9. The second-order valence-electron chi connectivity index (χ2n) is 7.13. The highest BCUT2D eigenvalue weighted by molar-refractivity contribution is 7.89. The maximum Gasteiger partial charge on any atom is 0.416 e. The van der Waals surface area contributed by atoms with Gasteiger partial charge in [0, 0.05) is 12.1 Å². The van der Waals surface area contributed by atoms with E-state index in [-0.39, 0.29) is 22.2 Å². The highest BCUT2D eigenvalue weighted by Gasteiger charge is 2.39. The van der Waals surface area contributed by atoms with Gasteiger partial charge < -0.3 is 4.52 Å². The minimum absolute atomic E-state index is 0.0177. The number of alkyl halides is 3. The second-order valence-corrected chi connectivity index (χ2v) is 9.02. The van der Waals surface area contributed by atoms with Crippen molar-refractivity contribution in [3.05, 3.63) is 65.5 Å². The maximum absolute atomic E-state index is 13.1. The summed E-state index contributed by atoms with van der Waals surface area (Å²) >= 11 is 0. The van der Waals surface area contributed by atoms with Gasteiger partial charge in [-0.1, -0.05) is 29.4 Å². The van der Waals surface area contributed by atoms with Crippen molar-refractivity contribution in [1.29, 1.82) is 0 Å². The number of sulfonamides is 1. The van der Waals surface area contributed by atoms with Gasteiger partial charge in [0.05, 0.1) is 10.5 Å². The van der Waals surface area contributed by atoms with Gasteiger partial charge in [0.1, 0.15) is 6.04 Å². The van der Waals surface area contributed by atoms with Crippen molar-refractivity contribution in [2.24, 2.45) is 0 Å². The molecule has 1 fully saturated rings. The van der Waals surface area contributed by atoms with Crippen LogP contribution in [0.4, 0.5) is 13.2 Å². The van der Waals surface area contributed by atoms with Crippen LogP contribution in [0.15, 0.2) is 57.9 Å². The third kappa shape index (κ3) is 3.84. The van der Waals surface area contributed by atoms with E-state index >= 15 is 0 Å². The summed E-state index contributed by atoms with van der Waals surface area (Å²) in [6.45, 7) is 2.10. The molecule has 6 nitrogen and oxygen atoms in total. The van der Waals surface area contributed by atoms with E-state index in [1.165, 1.54) is 22.5 Å². The van der Waals surface area contributed by atoms with Crippen LogP contribution < -0.4 is 0 Å². The molecule has 4 rings (SSSR count). The predicted octanol–water partition coefficient (Wildman–Crippen LogP) is 4.59. The molecule has 1 atom stereocenters. The fourth-order valence-corrected chi connectivity index (χ4v) is 5.26. The number of nitrogens with zero attached hydrogens (tertiary/aromatic N) is 3. The van der Waals surface area contributed by atoms with Crippen LogP contribution in [0.5, 0.6) is 0 Å². The van der Waals surface area contributed by atoms with E-state index in [9.17, 15) is 21.6 Å². The molecule has 1 aromatic heterocycles. The fourth-order valence-electron chi connectivity index (χ4n) is 3.51. The zero-order chi connectivity index (χ0) is 21.5. The van der Waals surface area contributed by atoms with Gasteiger partial charge in [0.25, 0.3) is 0 Å². The molecule has 30 heavy (non-hydrogen) atoms. The standard InChI is InChI=1S/C20H18F3N3O3S/c1-13-5-2-8-16(11-13)30(27,28)26-10-4-9-17(26)19-24-18(25-29-19)14-6-3-7-15(12-14)20(21,22)23/h2-3,5-8,11-12,17H,4,9-10H2,1H3/t17-/m1/s1. The quantitative estimate of drug-likeness (QED) is 0.597. The van der Waals surface area contributed by atoms with E-state index in [1.54, 1.807) is 25.1 Å². The highest BCUT2D eigenvalue weighted by atomic mass is 32.2. The van der Waals surface area contributed by atoms with E-state index in [0.29, 0.717) is 19.4 Å². The number of hydrogen-bond donors (Lipinski definition) is 0. The molecule has 0 unspecified atom stereocenters. The molecule has 0 saturated carbocycles. The van der Waals surface area contributed by atoms with E-state index in [1.807, 2.05) is 0 Å². The Morgan fingerprint density at radius 3 is 2.63 bits per heavy atom. The number of aromatic nitrogens is 2. The van der Waals surface area contributed by atoms with Gasteiger partial charge in [0.2, 0.25) is 21.7 Å². The summed E-state index contributed by atoms with van der Waals surface area (Å²) in [5.74, 6) is 0.0482.